The highest BCUT2D eigenvalue weighted by atomic mass is 15.4. The molecule has 1 N–H and O–H groups in total. The Kier molecular flexibility index (Phi) is 3.58. The lowest BCUT2D eigenvalue weighted by molar-refractivity contribution is 0.470. The van der Waals surface area contributed by atoms with Crippen LogP contribution in [-0.2, 0) is 0 Å². The second-order valence-corrected chi connectivity index (χ2v) is 4.82. The molecule has 0 radical (unpaired) electrons. The number of benzene rings is 1. The molecule has 1 unspecified atom stereocenters. The Hall–Kier alpha value is -2.43. The Balaban J connectivity index is 1.63. The van der Waals surface area contributed by atoms with E-state index in [-0.39, 0.29) is 0 Å². The van der Waals surface area contributed by atoms with Crippen LogP contribution in [0.15, 0.2) is 48.8 Å². The molecule has 5 nitrogen and oxygen atoms in total. The first-order valence-electron chi connectivity index (χ1n) is 6.78. The van der Waals surface area contributed by atoms with Crippen molar-refractivity contribution in [3.05, 3.63) is 48.8 Å². The van der Waals surface area contributed by atoms with Gasteiger partial charge in [-0.25, -0.2) is 4.68 Å². The molecular formula is C15H17N5. The average Bonchev–Trinajstić information content (AvgIpc) is 2.92. The molecule has 0 fully saturated rings. The monoisotopic (exact) mass is 267 g/mol. The highest BCUT2D eigenvalue weighted by Crippen LogP contribution is 2.17. The van der Waals surface area contributed by atoms with Gasteiger partial charge in [0.05, 0.1) is 11.6 Å². The summed E-state index contributed by atoms with van der Waals surface area (Å²) >= 11 is 0. The molecule has 5 heteroatoms. The molecule has 1 atom stereocenters. The number of pyridine rings is 1. The highest BCUT2D eigenvalue weighted by molar-refractivity contribution is 5.73. The molecule has 102 valence electrons. The molecule has 20 heavy (non-hydrogen) atoms. The van der Waals surface area contributed by atoms with E-state index in [4.69, 9.17) is 0 Å². The molecule has 0 saturated heterocycles. The van der Waals surface area contributed by atoms with Gasteiger partial charge in [0.25, 0.3) is 0 Å². The first-order valence-corrected chi connectivity index (χ1v) is 6.78. The van der Waals surface area contributed by atoms with Gasteiger partial charge in [-0.3, -0.25) is 4.98 Å². The molecule has 0 aliphatic carbocycles. The van der Waals surface area contributed by atoms with Crippen LogP contribution in [0.1, 0.15) is 19.4 Å². The third kappa shape index (κ3) is 2.61. The smallest absolute Gasteiger partial charge is 0.113 e. The lowest BCUT2D eigenvalue weighted by Crippen LogP contribution is -2.12. The molecule has 2 aromatic heterocycles. The summed E-state index contributed by atoms with van der Waals surface area (Å²) < 4.78 is 1.99. The van der Waals surface area contributed by atoms with E-state index in [1.54, 1.807) is 12.4 Å². The number of hydrogen-bond donors (Lipinski definition) is 1. The first kappa shape index (κ1) is 12.6. The first-order chi connectivity index (χ1) is 9.84. The molecule has 0 amide bonds. The Labute approximate surface area is 117 Å². The van der Waals surface area contributed by atoms with E-state index >= 15 is 0 Å². The van der Waals surface area contributed by atoms with Gasteiger partial charge in [-0.1, -0.05) is 17.3 Å². The van der Waals surface area contributed by atoms with Gasteiger partial charge in [-0.2, -0.15) is 0 Å². The van der Waals surface area contributed by atoms with Crippen LogP contribution in [0, 0.1) is 0 Å². The van der Waals surface area contributed by atoms with Gasteiger partial charge < -0.3 is 5.32 Å². The minimum atomic E-state index is 0.303. The SMILES string of the molecule is CC(CCNc1ccncc1)n1nnc2ccccc21. The topological polar surface area (TPSA) is 55.6 Å². The summed E-state index contributed by atoms with van der Waals surface area (Å²) in [4.78, 5) is 4.00. The maximum Gasteiger partial charge on any atom is 0.113 e. The van der Waals surface area contributed by atoms with Crippen molar-refractivity contribution in [3.8, 4) is 0 Å². The summed E-state index contributed by atoms with van der Waals surface area (Å²) in [6.07, 6.45) is 4.56. The Morgan fingerprint density at radius 3 is 2.80 bits per heavy atom. The van der Waals surface area contributed by atoms with Gasteiger partial charge in [0.15, 0.2) is 0 Å². The van der Waals surface area contributed by atoms with Crippen LogP contribution in [0.3, 0.4) is 0 Å². The van der Waals surface area contributed by atoms with Gasteiger partial charge in [0, 0.05) is 24.6 Å². The summed E-state index contributed by atoms with van der Waals surface area (Å²) in [7, 11) is 0. The summed E-state index contributed by atoms with van der Waals surface area (Å²) in [5.74, 6) is 0. The average molecular weight is 267 g/mol. The number of rotatable bonds is 5. The fourth-order valence-corrected chi connectivity index (χ4v) is 2.23. The van der Waals surface area contributed by atoms with Crippen molar-refractivity contribution in [1.29, 1.82) is 0 Å². The van der Waals surface area contributed by atoms with Gasteiger partial charge in [-0.05, 0) is 37.6 Å². The van der Waals surface area contributed by atoms with Crippen molar-refractivity contribution < 1.29 is 0 Å². The van der Waals surface area contributed by atoms with Crippen LogP contribution in [0.25, 0.3) is 11.0 Å². The molecule has 0 saturated carbocycles. The number of nitrogens with one attached hydrogen (secondary N) is 1. The number of nitrogens with zero attached hydrogens (tertiary/aromatic N) is 4. The quantitative estimate of drug-likeness (QED) is 0.772. The molecule has 0 aliphatic heterocycles. The van der Waals surface area contributed by atoms with Crippen molar-refractivity contribution in [2.24, 2.45) is 0 Å². The zero-order valence-corrected chi connectivity index (χ0v) is 11.4. The molecule has 3 rings (SSSR count). The van der Waals surface area contributed by atoms with Crippen molar-refractivity contribution in [3.63, 3.8) is 0 Å². The second kappa shape index (κ2) is 5.69. The van der Waals surface area contributed by atoms with Gasteiger partial charge in [0.1, 0.15) is 5.52 Å². The van der Waals surface area contributed by atoms with E-state index in [0.29, 0.717) is 6.04 Å². The van der Waals surface area contributed by atoms with Crippen LogP contribution < -0.4 is 5.32 Å². The molecular weight excluding hydrogens is 250 g/mol. The maximum absolute atomic E-state index is 4.25. The van der Waals surface area contributed by atoms with Crippen LogP contribution in [0.5, 0.6) is 0 Å². The number of fused-ring (bicyclic) bond motifs is 1. The molecule has 3 aromatic rings. The number of anilines is 1. The van der Waals surface area contributed by atoms with E-state index < -0.39 is 0 Å². The van der Waals surface area contributed by atoms with E-state index in [1.807, 2.05) is 35.0 Å². The molecule has 2 heterocycles. The highest BCUT2D eigenvalue weighted by Gasteiger charge is 2.10. The number of para-hydroxylation sites is 1. The lowest BCUT2D eigenvalue weighted by atomic mass is 10.2. The molecule has 0 bridgehead atoms. The van der Waals surface area contributed by atoms with E-state index in [0.717, 1.165) is 29.7 Å². The standard InChI is InChI=1S/C15H17N5/c1-12(6-11-17-13-7-9-16-10-8-13)20-15-5-3-2-4-14(15)18-19-20/h2-5,7-10,12H,6,11H2,1H3,(H,16,17). The van der Waals surface area contributed by atoms with Gasteiger partial charge in [-0.15, -0.1) is 5.10 Å². The van der Waals surface area contributed by atoms with Gasteiger partial charge in [0.2, 0.25) is 0 Å². The zero-order chi connectivity index (χ0) is 13.8. The number of hydrogen-bond acceptors (Lipinski definition) is 4. The van der Waals surface area contributed by atoms with Crippen LogP contribution in [0.2, 0.25) is 0 Å². The molecule has 1 aromatic carbocycles. The fraction of sp³-hybridized carbons (Fsp3) is 0.267. The third-order valence-electron chi connectivity index (χ3n) is 3.37. The summed E-state index contributed by atoms with van der Waals surface area (Å²) in [6, 6.07) is 12.3. The lowest BCUT2D eigenvalue weighted by Gasteiger charge is -2.13. The van der Waals surface area contributed by atoms with Crippen LogP contribution in [0.4, 0.5) is 5.69 Å². The predicted molar refractivity (Wildman–Crippen MR) is 79.6 cm³/mol. The van der Waals surface area contributed by atoms with Crippen molar-refractivity contribution in [1.82, 2.24) is 20.0 Å². The predicted octanol–water partition coefficient (Wildman–Crippen LogP) is 2.89. The second-order valence-electron chi connectivity index (χ2n) is 4.82. The van der Waals surface area contributed by atoms with Crippen LogP contribution >= 0.6 is 0 Å². The Morgan fingerprint density at radius 2 is 1.95 bits per heavy atom. The minimum Gasteiger partial charge on any atom is -0.385 e. The van der Waals surface area contributed by atoms with Crippen molar-refractivity contribution >= 4 is 16.7 Å². The van der Waals surface area contributed by atoms with E-state index in [1.165, 1.54) is 0 Å². The maximum atomic E-state index is 4.25. The normalized spacial score (nSPS) is 12.4. The summed E-state index contributed by atoms with van der Waals surface area (Å²) in [5.41, 5.74) is 3.13. The number of aromatic nitrogens is 4. The third-order valence-corrected chi connectivity index (χ3v) is 3.37. The Bertz CT molecular complexity index is 677. The van der Waals surface area contributed by atoms with E-state index in [2.05, 4.69) is 33.6 Å². The molecule has 0 aliphatic rings. The fourth-order valence-electron chi connectivity index (χ4n) is 2.23. The van der Waals surface area contributed by atoms with Crippen molar-refractivity contribution in [2.75, 3.05) is 11.9 Å². The van der Waals surface area contributed by atoms with Gasteiger partial charge >= 0.3 is 0 Å². The minimum absolute atomic E-state index is 0.303. The van der Waals surface area contributed by atoms with E-state index in [9.17, 15) is 0 Å². The Morgan fingerprint density at radius 1 is 1.15 bits per heavy atom. The molecule has 0 spiro atoms. The largest absolute Gasteiger partial charge is 0.385 e. The zero-order valence-electron chi connectivity index (χ0n) is 11.4. The summed E-state index contributed by atoms with van der Waals surface area (Å²) in [6.45, 7) is 3.05. The van der Waals surface area contributed by atoms with Crippen molar-refractivity contribution in [2.45, 2.75) is 19.4 Å². The summed E-state index contributed by atoms with van der Waals surface area (Å²) in [5, 5.41) is 11.8. The van der Waals surface area contributed by atoms with Crippen LogP contribution in [-0.4, -0.2) is 26.5 Å².